The molecule has 0 spiro atoms. The number of ketones is 1. The minimum absolute atomic E-state index is 0.112. The lowest BCUT2D eigenvalue weighted by Gasteiger charge is -2.32. The molecule has 6 nitrogen and oxygen atoms in total. The summed E-state index contributed by atoms with van der Waals surface area (Å²) in [6.45, 7) is 6.81. The Kier molecular flexibility index (Phi) is 5.37. The molecule has 0 aromatic carbocycles. The summed E-state index contributed by atoms with van der Waals surface area (Å²) in [5, 5.41) is 9.49. The lowest BCUT2D eigenvalue weighted by molar-refractivity contribution is 0.0204. The zero-order chi connectivity index (χ0) is 17.0. The number of aromatic nitrogens is 1. The number of nitriles is 1. The van der Waals surface area contributed by atoms with Gasteiger partial charge in [-0.05, 0) is 33.6 Å². The Morgan fingerprint density at radius 3 is 2.65 bits per heavy atom. The number of likely N-dealkylation sites (tertiary alicyclic amines) is 1. The minimum atomic E-state index is -0.487. The Balaban J connectivity index is 1.91. The smallest absolute Gasteiger partial charge is 0.410 e. The number of ether oxygens (including phenoxy) is 1. The minimum Gasteiger partial charge on any atom is -0.444 e. The molecule has 1 amide bonds. The Morgan fingerprint density at radius 2 is 2.09 bits per heavy atom. The van der Waals surface area contributed by atoms with E-state index < -0.39 is 5.60 Å². The van der Waals surface area contributed by atoms with Crippen LogP contribution in [0.3, 0.4) is 0 Å². The predicted octanol–water partition coefficient (Wildman–Crippen LogP) is 3.35. The highest BCUT2D eigenvalue weighted by Crippen LogP contribution is 2.31. The van der Waals surface area contributed by atoms with Crippen LogP contribution in [0.5, 0.6) is 0 Å². The van der Waals surface area contributed by atoms with E-state index in [4.69, 9.17) is 10.00 Å². The van der Waals surface area contributed by atoms with Gasteiger partial charge >= 0.3 is 6.09 Å². The molecule has 0 bridgehead atoms. The number of thiazole rings is 1. The molecule has 1 aliphatic rings. The molecule has 1 aromatic rings. The molecule has 23 heavy (non-hydrogen) atoms. The van der Waals surface area contributed by atoms with Crippen molar-refractivity contribution < 1.29 is 14.3 Å². The normalized spacial score (nSPS) is 16.0. The van der Waals surface area contributed by atoms with Gasteiger partial charge in [0, 0.05) is 25.2 Å². The van der Waals surface area contributed by atoms with Crippen molar-refractivity contribution in [1.29, 1.82) is 5.26 Å². The van der Waals surface area contributed by atoms with E-state index in [0.29, 0.717) is 18.0 Å². The van der Waals surface area contributed by atoms with Gasteiger partial charge in [0.25, 0.3) is 0 Å². The van der Waals surface area contributed by atoms with Crippen LogP contribution < -0.4 is 0 Å². The first-order chi connectivity index (χ1) is 10.8. The van der Waals surface area contributed by atoms with Crippen molar-refractivity contribution in [2.75, 3.05) is 13.1 Å². The molecule has 0 saturated carbocycles. The van der Waals surface area contributed by atoms with Gasteiger partial charge in [-0.15, -0.1) is 11.3 Å². The fourth-order valence-corrected chi connectivity index (χ4v) is 3.42. The van der Waals surface area contributed by atoms with E-state index >= 15 is 0 Å². The van der Waals surface area contributed by atoms with Gasteiger partial charge in [0.2, 0.25) is 0 Å². The van der Waals surface area contributed by atoms with Crippen LogP contribution in [0.15, 0.2) is 6.20 Å². The summed E-state index contributed by atoms with van der Waals surface area (Å²) >= 11 is 1.36. The average molecular weight is 335 g/mol. The number of rotatable bonds is 3. The Bertz CT molecular complexity index is 619. The van der Waals surface area contributed by atoms with E-state index in [0.717, 1.165) is 17.8 Å². The third kappa shape index (κ3) is 4.76. The van der Waals surface area contributed by atoms with Crippen molar-refractivity contribution in [2.45, 2.75) is 51.6 Å². The number of piperidine rings is 1. The molecule has 0 atom stereocenters. The zero-order valence-electron chi connectivity index (χ0n) is 13.7. The third-order valence-electron chi connectivity index (χ3n) is 3.53. The fourth-order valence-electron chi connectivity index (χ4n) is 2.40. The predicted molar refractivity (Wildman–Crippen MR) is 86.5 cm³/mol. The maximum atomic E-state index is 12.0. The summed E-state index contributed by atoms with van der Waals surface area (Å²) in [6, 6.07) is 1.86. The summed E-state index contributed by atoms with van der Waals surface area (Å²) in [4.78, 5) is 30.3. The van der Waals surface area contributed by atoms with Gasteiger partial charge in [-0.2, -0.15) is 5.26 Å². The van der Waals surface area contributed by atoms with Crippen LogP contribution in [-0.2, 0) is 4.74 Å². The number of Topliss-reactive ketones (excluding diaryl/α,β-unsaturated/α-hetero) is 1. The lowest BCUT2D eigenvalue weighted by atomic mass is 9.98. The highest BCUT2D eigenvalue weighted by atomic mass is 32.1. The van der Waals surface area contributed by atoms with E-state index in [1.165, 1.54) is 11.3 Å². The quantitative estimate of drug-likeness (QED) is 0.791. The number of hydrogen-bond acceptors (Lipinski definition) is 6. The van der Waals surface area contributed by atoms with Gasteiger partial charge in [-0.25, -0.2) is 9.78 Å². The van der Waals surface area contributed by atoms with Gasteiger partial charge in [0.1, 0.15) is 5.60 Å². The topological polar surface area (TPSA) is 83.3 Å². The summed E-state index contributed by atoms with van der Waals surface area (Å²) in [5.41, 5.74) is -0.487. The molecule has 0 aliphatic carbocycles. The van der Waals surface area contributed by atoms with E-state index in [1.807, 2.05) is 26.8 Å². The van der Waals surface area contributed by atoms with Gasteiger partial charge in [-0.1, -0.05) is 0 Å². The van der Waals surface area contributed by atoms with Crippen molar-refractivity contribution in [3.8, 4) is 6.07 Å². The van der Waals surface area contributed by atoms with Crippen molar-refractivity contribution in [3.05, 3.63) is 16.1 Å². The monoisotopic (exact) mass is 335 g/mol. The molecule has 0 N–H and O–H groups in total. The first-order valence-electron chi connectivity index (χ1n) is 7.64. The average Bonchev–Trinajstić information content (AvgIpc) is 2.96. The highest BCUT2D eigenvalue weighted by Gasteiger charge is 2.29. The molecule has 2 heterocycles. The maximum Gasteiger partial charge on any atom is 0.410 e. The van der Waals surface area contributed by atoms with E-state index in [2.05, 4.69) is 4.98 Å². The Morgan fingerprint density at radius 1 is 1.43 bits per heavy atom. The SMILES string of the molecule is CC(C)(C)OC(=O)N1CCC(c2ncc(C(=O)CC#N)s2)CC1. The number of carbonyl (C=O) groups is 2. The second-order valence-electron chi connectivity index (χ2n) is 6.56. The van der Waals surface area contributed by atoms with Crippen LogP contribution in [-0.4, -0.2) is 40.5 Å². The molecule has 0 unspecified atom stereocenters. The Hall–Kier alpha value is -1.94. The standard InChI is InChI=1S/C16H21N3O3S/c1-16(2,3)22-15(21)19-8-5-11(6-9-19)14-18-10-13(23-14)12(20)4-7-17/h10-11H,4-6,8-9H2,1-3H3. The van der Waals surface area contributed by atoms with Gasteiger partial charge in [-0.3, -0.25) is 4.79 Å². The summed E-state index contributed by atoms with van der Waals surface area (Å²) in [5.74, 6) is 0.0739. The molecular formula is C16H21N3O3S. The van der Waals surface area contributed by atoms with Crippen LogP contribution in [0.1, 0.15) is 60.6 Å². The van der Waals surface area contributed by atoms with Gasteiger partial charge in [0.15, 0.2) is 5.78 Å². The molecule has 1 aliphatic heterocycles. The van der Waals surface area contributed by atoms with Crippen molar-refractivity contribution in [1.82, 2.24) is 9.88 Å². The molecule has 1 aromatic heterocycles. The molecule has 2 rings (SSSR count). The van der Waals surface area contributed by atoms with Crippen molar-refractivity contribution >= 4 is 23.2 Å². The van der Waals surface area contributed by atoms with Crippen molar-refractivity contribution in [3.63, 3.8) is 0 Å². The molecular weight excluding hydrogens is 314 g/mol. The van der Waals surface area contributed by atoms with Crippen LogP contribution in [0.25, 0.3) is 0 Å². The number of hydrogen-bond donors (Lipinski definition) is 0. The highest BCUT2D eigenvalue weighted by molar-refractivity contribution is 7.13. The third-order valence-corrected chi connectivity index (χ3v) is 4.73. The number of nitrogens with zero attached hydrogens (tertiary/aromatic N) is 3. The molecule has 7 heteroatoms. The second-order valence-corrected chi connectivity index (χ2v) is 7.62. The largest absolute Gasteiger partial charge is 0.444 e. The molecule has 1 saturated heterocycles. The fraction of sp³-hybridized carbons (Fsp3) is 0.625. The summed E-state index contributed by atoms with van der Waals surface area (Å²) < 4.78 is 5.38. The van der Waals surface area contributed by atoms with Gasteiger partial charge < -0.3 is 9.64 Å². The first-order valence-corrected chi connectivity index (χ1v) is 8.45. The van der Waals surface area contributed by atoms with Crippen LogP contribution >= 0.6 is 11.3 Å². The second kappa shape index (κ2) is 7.09. The van der Waals surface area contributed by atoms with Crippen LogP contribution in [0.2, 0.25) is 0 Å². The summed E-state index contributed by atoms with van der Waals surface area (Å²) in [7, 11) is 0. The lowest BCUT2D eigenvalue weighted by Crippen LogP contribution is -2.41. The molecule has 124 valence electrons. The van der Waals surface area contributed by atoms with E-state index in [1.54, 1.807) is 11.1 Å². The Labute approximate surface area is 140 Å². The van der Waals surface area contributed by atoms with Crippen LogP contribution in [0.4, 0.5) is 4.79 Å². The first kappa shape index (κ1) is 17.4. The maximum absolute atomic E-state index is 12.0. The molecule has 1 fully saturated rings. The van der Waals surface area contributed by atoms with Gasteiger partial charge in [0.05, 0.1) is 22.4 Å². The number of carbonyl (C=O) groups excluding carboxylic acids is 2. The molecule has 0 radical (unpaired) electrons. The number of amides is 1. The van der Waals surface area contributed by atoms with Crippen molar-refractivity contribution in [2.24, 2.45) is 0 Å². The van der Waals surface area contributed by atoms with Crippen LogP contribution in [0, 0.1) is 11.3 Å². The van der Waals surface area contributed by atoms with E-state index in [-0.39, 0.29) is 24.2 Å². The summed E-state index contributed by atoms with van der Waals surface area (Å²) in [6.07, 6.45) is 2.77. The zero-order valence-corrected chi connectivity index (χ0v) is 14.5. The van der Waals surface area contributed by atoms with E-state index in [9.17, 15) is 9.59 Å².